The summed E-state index contributed by atoms with van der Waals surface area (Å²) < 4.78 is 5.69. The van der Waals surface area contributed by atoms with Gasteiger partial charge in [0, 0.05) is 29.4 Å². The number of anilines is 1. The zero-order valence-electron chi connectivity index (χ0n) is 15.2. The summed E-state index contributed by atoms with van der Waals surface area (Å²) in [5.41, 5.74) is 3.00. The normalized spacial score (nSPS) is 10.8. The van der Waals surface area contributed by atoms with Gasteiger partial charge in [0.1, 0.15) is 11.3 Å². The van der Waals surface area contributed by atoms with Crippen LogP contribution in [0.3, 0.4) is 0 Å². The van der Waals surface area contributed by atoms with Gasteiger partial charge in [0.2, 0.25) is 5.89 Å². The maximum atomic E-state index is 12.4. The van der Waals surface area contributed by atoms with E-state index in [1.165, 1.54) is 30.3 Å². The Morgan fingerprint density at radius 3 is 2.72 bits per heavy atom. The molecule has 0 fully saturated rings. The molecule has 29 heavy (non-hydrogen) atoms. The third-order valence-corrected chi connectivity index (χ3v) is 4.35. The van der Waals surface area contributed by atoms with Gasteiger partial charge in [-0.1, -0.05) is 12.1 Å². The SMILES string of the molecule is Cc1ccc2oc(-c3ccc(NC(=O)c4cccc([N+](=O)[O-])c4)cc3O)nc2c1. The molecule has 1 aromatic heterocycles. The number of fused-ring (bicyclic) bond motifs is 1. The summed E-state index contributed by atoms with van der Waals surface area (Å²) in [6.07, 6.45) is 0. The average Bonchev–Trinajstić information content (AvgIpc) is 3.10. The van der Waals surface area contributed by atoms with Crippen molar-refractivity contribution in [3.05, 3.63) is 81.9 Å². The van der Waals surface area contributed by atoms with Gasteiger partial charge in [-0.3, -0.25) is 14.9 Å². The summed E-state index contributed by atoms with van der Waals surface area (Å²) in [6.45, 7) is 1.95. The molecule has 0 saturated carbocycles. The number of nitro groups is 1. The number of nitro benzene ring substituents is 1. The highest BCUT2D eigenvalue weighted by molar-refractivity contribution is 6.04. The maximum absolute atomic E-state index is 12.4. The van der Waals surface area contributed by atoms with E-state index in [2.05, 4.69) is 10.3 Å². The van der Waals surface area contributed by atoms with Gasteiger partial charge in [-0.15, -0.1) is 0 Å². The monoisotopic (exact) mass is 389 g/mol. The molecule has 2 N–H and O–H groups in total. The molecule has 3 aromatic carbocycles. The van der Waals surface area contributed by atoms with Crippen molar-refractivity contribution in [3.8, 4) is 17.2 Å². The van der Waals surface area contributed by atoms with E-state index in [1.807, 2.05) is 25.1 Å². The molecule has 8 heteroatoms. The van der Waals surface area contributed by atoms with Crippen LogP contribution in [0.4, 0.5) is 11.4 Å². The molecule has 8 nitrogen and oxygen atoms in total. The number of phenols is 1. The lowest BCUT2D eigenvalue weighted by Crippen LogP contribution is -2.12. The maximum Gasteiger partial charge on any atom is 0.270 e. The van der Waals surface area contributed by atoms with Crippen LogP contribution in [0.5, 0.6) is 5.75 Å². The number of aromatic nitrogens is 1. The Balaban J connectivity index is 1.59. The molecule has 0 aliphatic rings. The first kappa shape index (κ1) is 18.2. The van der Waals surface area contributed by atoms with Crippen molar-refractivity contribution in [2.24, 2.45) is 0 Å². The number of oxazole rings is 1. The summed E-state index contributed by atoms with van der Waals surface area (Å²) in [5, 5.41) is 23.8. The van der Waals surface area contributed by atoms with Gasteiger partial charge in [0.05, 0.1) is 10.5 Å². The van der Waals surface area contributed by atoms with Crippen molar-refractivity contribution in [1.29, 1.82) is 0 Å². The lowest BCUT2D eigenvalue weighted by molar-refractivity contribution is -0.384. The second-order valence-electron chi connectivity index (χ2n) is 6.48. The van der Waals surface area contributed by atoms with Crippen LogP contribution >= 0.6 is 0 Å². The number of hydrogen-bond acceptors (Lipinski definition) is 6. The fourth-order valence-electron chi connectivity index (χ4n) is 2.91. The fraction of sp³-hybridized carbons (Fsp3) is 0.0476. The van der Waals surface area contributed by atoms with Crippen molar-refractivity contribution in [1.82, 2.24) is 4.98 Å². The van der Waals surface area contributed by atoms with E-state index in [4.69, 9.17) is 4.42 Å². The Morgan fingerprint density at radius 2 is 1.97 bits per heavy atom. The minimum absolute atomic E-state index is 0.120. The number of aryl methyl sites for hydroxylation is 1. The molecule has 144 valence electrons. The van der Waals surface area contributed by atoms with Crippen molar-refractivity contribution >= 4 is 28.4 Å². The lowest BCUT2D eigenvalue weighted by Gasteiger charge is -2.07. The molecule has 0 atom stereocenters. The summed E-state index contributed by atoms with van der Waals surface area (Å²) in [5.74, 6) is -0.386. The Morgan fingerprint density at radius 1 is 1.14 bits per heavy atom. The molecule has 0 aliphatic carbocycles. The van der Waals surface area contributed by atoms with E-state index in [1.54, 1.807) is 12.1 Å². The van der Waals surface area contributed by atoms with E-state index >= 15 is 0 Å². The molecule has 0 radical (unpaired) electrons. The van der Waals surface area contributed by atoms with Crippen LogP contribution in [-0.2, 0) is 0 Å². The number of nitrogens with zero attached hydrogens (tertiary/aromatic N) is 2. The minimum atomic E-state index is -0.570. The van der Waals surface area contributed by atoms with Gasteiger partial charge in [-0.2, -0.15) is 0 Å². The first-order chi connectivity index (χ1) is 13.9. The van der Waals surface area contributed by atoms with Gasteiger partial charge in [0.15, 0.2) is 5.58 Å². The Labute approximate surface area is 164 Å². The van der Waals surface area contributed by atoms with Crippen molar-refractivity contribution in [2.45, 2.75) is 6.92 Å². The van der Waals surface area contributed by atoms with Gasteiger partial charge < -0.3 is 14.8 Å². The Bertz CT molecular complexity index is 1260. The lowest BCUT2D eigenvalue weighted by atomic mass is 10.1. The van der Waals surface area contributed by atoms with Crippen molar-refractivity contribution in [3.63, 3.8) is 0 Å². The third kappa shape index (κ3) is 3.63. The highest BCUT2D eigenvalue weighted by atomic mass is 16.6. The summed E-state index contributed by atoms with van der Waals surface area (Å²) in [7, 11) is 0. The van der Waals surface area contributed by atoms with Crippen LogP contribution in [0.2, 0.25) is 0 Å². The van der Waals surface area contributed by atoms with Gasteiger partial charge in [-0.05, 0) is 42.8 Å². The number of nitrogens with one attached hydrogen (secondary N) is 1. The molecular weight excluding hydrogens is 374 g/mol. The summed E-state index contributed by atoms with van der Waals surface area (Å²) in [4.78, 5) is 27.0. The molecule has 1 amide bonds. The van der Waals surface area contributed by atoms with Crippen LogP contribution < -0.4 is 5.32 Å². The predicted octanol–water partition coefficient (Wildman–Crippen LogP) is 4.67. The van der Waals surface area contributed by atoms with Crippen molar-refractivity contribution in [2.75, 3.05) is 5.32 Å². The van der Waals surface area contributed by atoms with Crippen LogP contribution in [0.15, 0.2) is 65.1 Å². The number of non-ortho nitro benzene ring substituents is 1. The summed E-state index contributed by atoms with van der Waals surface area (Å²) >= 11 is 0. The first-order valence-electron chi connectivity index (χ1n) is 8.67. The van der Waals surface area contributed by atoms with Crippen molar-refractivity contribution < 1.29 is 19.2 Å². The van der Waals surface area contributed by atoms with E-state index in [9.17, 15) is 20.0 Å². The van der Waals surface area contributed by atoms with Gasteiger partial charge in [-0.25, -0.2) is 4.98 Å². The van der Waals surface area contributed by atoms with E-state index < -0.39 is 10.8 Å². The second-order valence-corrected chi connectivity index (χ2v) is 6.48. The number of benzene rings is 3. The molecule has 0 saturated heterocycles. The molecular formula is C21H15N3O5. The Hall–Kier alpha value is -4.20. The quantitative estimate of drug-likeness (QED) is 0.387. The number of hydrogen-bond donors (Lipinski definition) is 2. The number of phenolic OH excluding ortho intramolecular Hbond substituents is 1. The molecule has 0 bridgehead atoms. The van der Waals surface area contributed by atoms with Crippen LogP contribution in [0.1, 0.15) is 15.9 Å². The third-order valence-electron chi connectivity index (χ3n) is 4.35. The zero-order valence-corrected chi connectivity index (χ0v) is 15.2. The molecule has 0 unspecified atom stereocenters. The average molecular weight is 389 g/mol. The zero-order chi connectivity index (χ0) is 20.5. The summed E-state index contributed by atoms with van der Waals surface area (Å²) in [6, 6.07) is 15.5. The number of carbonyl (C=O) groups excluding carboxylic acids is 1. The first-order valence-corrected chi connectivity index (χ1v) is 8.67. The van der Waals surface area contributed by atoms with Crippen LogP contribution in [0.25, 0.3) is 22.6 Å². The van der Waals surface area contributed by atoms with Crippen LogP contribution in [0, 0.1) is 17.0 Å². The number of carbonyl (C=O) groups is 1. The largest absolute Gasteiger partial charge is 0.507 e. The molecule has 0 spiro atoms. The van der Waals surface area contributed by atoms with Gasteiger partial charge >= 0.3 is 0 Å². The highest BCUT2D eigenvalue weighted by Crippen LogP contribution is 2.33. The minimum Gasteiger partial charge on any atom is -0.507 e. The fourth-order valence-corrected chi connectivity index (χ4v) is 2.91. The number of amides is 1. The highest BCUT2D eigenvalue weighted by Gasteiger charge is 2.15. The number of rotatable bonds is 4. The number of aromatic hydroxyl groups is 1. The van der Waals surface area contributed by atoms with Crippen LogP contribution in [-0.4, -0.2) is 20.9 Å². The van der Waals surface area contributed by atoms with E-state index in [0.29, 0.717) is 22.4 Å². The molecule has 4 aromatic rings. The smallest absolute Gasteiger partial charge is 0.270 e. The van der Waals surface area contributed by atoms with E-state index in [-0.39, 0.29) is 22.9 Å². The molecule has 1 heterocycles. The predicted molar refractivity (Wildman–Crippen MR) is 107 cm³/mol. The van der Waals surface area contributed by atoms with Gasteiger partial charge in [0.25, 0.3) is 11.6 Å². The Kier molecular flexibility index (Phi) is 4.44. The topological polar surface area (TPSA) is 118 Å². The molecule has 4 rings (SSSR count). The molecule has 0 aliphatic heterocycles. The standard InChI is InChI=1S/C21H15N3O5/c1-12-5-8-19-17(9-12)23-21(29-19)16-7-6-14(11-18(16)25)22-20(26)13-3-2-4-15(10-13)24(27)28/h2-11,25H,1H3,(H,22,26). The van der Waals surface area contributed by atoms with E-state index in [0.717, 1.165) is 5.56 Å². The second kappa shape index (κ2) is 7.08.